The number of carbonyl (C=O) groups excluding carboxylic acids is 6. The minimum Gasteiger partial charge on any atom is -0.492 e. The fourth-order valence-electron chi connectivity index (χ4n) is 8.15. The van der Waals surface area contributed by atoms with E-state index < -0.39 is 58.6 Å². The molecule has 4 aliphatic rings. The second-order valence-corrected chi connectivity index (χ2v) is 16.1. The summed E-state index contributed by atoms with van der Waals surface area (Å²) >= 11 is 5.59. The number of nitriles is 1. The summed E-state index contributed by atoms with van der Waals surface area (Å²) in [6.07, 6.45) is 1.64. The number of anilines is 2. The van der Waals surface area contributed by atoms with Crippen molar-refractivity contribution in [3.63, 3.8) is 0 Å². The highest BCUT2D eigenvalue weighted by Gasteiger charge is 2.51. The van der Waals surface area contributed by atoms with Crippen molar-refractivity contribution >= 4 is 64.1 Å². The second-order valence-electron chi connectivity index (χ2n) is 15.7. The number of likely N-dealkylation sites (tertiary alicyclic amines) is 1. The van der Waals surface area contributed by atoms with E-state index in [1.165, 1.54) is 74.5 Å². The van der Waals surface area contributed by atoms with E-state index in [2.05, 4.69) is 10.3 Å². The number of fused-ring (bicyclic) bond motifs is 1. The molecule has 0 saturated carbocycles. The minimum absolute atomic E-state index is 0.0111. The predicted molar refractivity (Wildman–Crippen MR) is 223 cm³/mol. The van der Waals surface area contributed by atoms with E-state index in [1.54, 1.807) is 4.90 Å². The van der Waals surface area contributed by atoms with E-state index in [9.17, 15) is 34.0 Å². The van der Waals surface area contributed by atoms with Crippen LogP contribution < -0.4 is 29.3 Å². The average molecular weight is 896 g/mol. The molecule has 6 amide bonds. The first kappa shape index (κ1) is 43.3. The van der Waals surface area contributed by atoms with Crippen LogP contribution in [0.5, 0.6) is 17.2 Å². The molecule has 1 unspecified atom stereocenters. The Labute approximate surface area is 368 Å². The first-order valence-electron chi connectivity index (χ1n) is 19.9. The second kappa shape index (κ2) is 16.7. The summed E-state index contributed by atoms with van der Waals surface area (Å²) in [5.41, 5.74) is -2.16. The maximum Gasteiger partial charge on any atom is 0.262 e. The van der Waals surface area contributed by atoms with Gasteiger partial charge in [-0.25, -0.2) is 13.2 Å². The Morgan fingerprint density at radius 2 is 1.62 bits per heavy atom. The van der Waals surface area contributed by atoms with Crippen molar-refractivity contribution in [3.05, 3.63) is 94.9 Å². The minimum atomic E-state index is -1.44. The topological polar surface area (TPSA) is 192 Å². The first-order chi connectivity index (χ1) is 30.5. The van der Waals surface area contributed by atoms with Crippen LogP contribution >= 0.6 is 12.2 Å². The molecule has 0 aliphatic carbocycles. The van der Waals surface area contributed by atoms with Gasteiger partial charge in [0.2, 0.25) is 11.8 Å². The fraction of sp³-hybridized carbons (Fsp3) is 0.295. The lowest BCUT2D eigenvalue weighted by Gasteiger charge is -2.32. The smallest absolute Gasteiger partial charge is 0.262 e. The monoisotopic (exact) mass is 895 g/mol. The van der Waals surface area contributed by atoms with Crippen LogP contribution in [0.1, 0.15) is 65.8 Å². The number of hydrogen-bond acceptors (Lipinski definition) is 12. The van der Waals surface area contributed by atoms with Crippen LogP contribution in [-0.2, 0) is 19.2 Å². The van der Waals surface area contributed by atoms with Gasteiger partial charge in [-0.15, -0.1) is 0 Å². The number of amides is 6. The van der Waals surface area contributed by atoms with Crippen molar-refractivity contribution < 1.29 is 56.1 Å². The number of methoxy groups -OCH3 is 1. The lowest BCUT2D eigenvalue weighted by atomic mass is 10.0. The van der Waals surface area contributed by atoms with E-state index in [0.717, 1.165) is 21.9 Å². The summed E-state index contributed by atoms with van der Waals surface area (Å²) in [6.45, 7) is 3.25. The van der Waals surface area contributed by atoms with Gasteiger partial charge < -0.3 is 24.0 Å². The van der Waals surface area contributed by atoms with Gasteiger partial charge in [0, 0.05) is 50.0 Å². The zero-order valence-electron chi connectivity index (χ0n) is 34.3. The number of nitrogens with zero attached hydrogens (tertiary/aromatic N) is 6. The Morgan fingerprint density at radius 1 is 0.922 bits per heavy atom. The molecule has 1 atom stereocenters. The van der Waals surface area contributed by atoms with E-state index in [-0.39, 0.29) is 93.1 Å². The summed E-state index contributed by atoms with van der Waals surface area (Å²) in [4.78, 5) is 85.5. The Morgan fingerprint density at radius 3 is 2.30 bits per heavy atom. The molecule has 8 rings (SSSR count). The third-order valence-corrected chi connectivity index (χ3v) is 11.8. The van der Waals surface area contributed by atoms with Crippen LogP contribution in [0.3, 0.4) is 0 Å². The number of hydrogen-bond donors (Lipinski definition) is 1. The number of ether oxygens (including phenoxy) is 3. The third-order valence-electron chi connectivity index (χ3n) is 11.5. The van der Waals surface area contributed by atoms with Crippen molar-refractivity contribution in [3.8, 4) is 34.6 Å². The number of aromatic nitrogens is 1. The number of imide groups is 2. The number of halogens is 3. The Hall–Kier alpha value is -7.40. The van der Waals surface area contributed by atoms with Gasteiger partial charge in [-0.1, -0.05) is 0 Å². The lowest BCUT2D eigenvalue weighted by Crippen LogP contribution is -2.54. The molecule has 4 aromatic rings. The van der Waals surface area contributed by atoms with Gasteiger partial charge >= 0.3 is 0 Å². The average Bonchev–Trinajstić information content (AvgIpc) is 3.61. The first-order valence-corrected chi connectivity index (χ1v) is 20.3. The lowest BCUT2D eigenvalue weighted by molar-refractivity contribution is -0.137. The molecule has 1 N–H and O–H groups in total. The normalized spacial score (nSPS) is 18.6. The molecule has 3 fully saturated rings. The van der Waals surface area contributed by atoms with Crippen LogP contribution in [0.2, 0.25) is 0 Å². The van der Waals surface area contributed by atoms with Gasteiger partial charge in [-0.2, -0.15) is 5.26 Å². The highest BCUT2D eigenvalue weighted by molar-refractivity contribution is 7.81. The SMILES string of the molecule is COc1c(C#N)ccc(N2C(=O)C(C)(C)N(c3cnc(-c4ccc(OC5CCN(C(=O)COc6ccc7c(c6)C(=O)N(C6CCC(=O)NC6=O)C7=O)CC5)cc4F)c(F)c3)C2=S)c1F. The Bertz CT molecular complexity index is 2750. The molecule has 20 heteroatoms. The van der Waals surface area contributed by atoms with Crippen molar-refractivity contribution in [2.45, 2.75) is 57.2 Å². The molecular weight excluding hydrogens is 860 g/mol. The maximum atomic E-state index is 15.8. The standard InChI is InChI=1S/C44H36F3N7O9S/c1-44(2)42(60)53(32-9-4-22(19-48)38(61-3)36(32)47)43(64)54(44)23-16-31(46)37(49-20-23)28-8-6-26(18-30(28)45)63-24-12-14-51(15-13-24)35(56)21-62-25-5-7-27-29(17-25)41(59)52(40(27)58)33-10-11-34(55)50-39(33)57/h4-9,16-18,20,24,33H,10-15,21H2,1-3H3,(H,50,55,57). The van der Waals surface area contributed by atoms with Crippen molar-refractivity contribution in [2.75, 3.05) is 36.6 Å². The van der Waals surface area contributed by atoms with Gasteiger partial charge in [-0.3, -0.25) is 48.9 Å². The van der Waals surface area contributed by atoms with Gasteiger partial charge in [0.05, 0.1) is 41.4 Å². The van der Waals surface area contributed by atoms with Crippen LogP contribution in [0.4, 0.5) is 24.5 Å². The summed E-state index contributed by atoms with van der Waals surface area (Å²) in [5, 5.41) is 11.3. The third kappa shape index (κ3) is 7.50. The number of piperidine rings is 2. The van der Waals surface area contributed by atoms with Gasteiger partial charge in [0.25, 0.3) is 23.6 Å². The molecular formula is C44H36F3N7O9S. The molecule has 16 nitrogen and oxygen atoms in total. The molecule has 1 aromatic heterocycles. The van der Waals surface area contributed by atoms with E-state index in [0.29, 0.717) is 25.9 Å². The van der Waals surface area contributed by atoms with Crippen LogP contribution in [0.15, 0.2) is 60.8 Å². The highest BCUT2D eigenvalue weighted by atomic mass is 32.1. The molecule has 64 heavy (non-hydrogen) atoms. The number of rotatable bonds is 10. The maximum absolute atomic E-state index is 15.8. The summed E-state index contributed by atoms with van der Waals surface area (Å²) < 4.78 is 63.6. The predicted octanol–water partition coefficient (Wildman–Crippen LogP) is 4.81. The van der Waals surface area contributed by atoms with Crippen molar-refractivity contribution in [2.24, 2.45) is 0 Å². The van der Waals surface area contributed by atoms with Gasteiger partial charge in [-0.05, 0) is 75.0 Å². The van der Waals surface area contributed by atoms with E-state index >= 15 is 13.2 Å². The molecule has 0 radical (unpaired) electrons. The van der Waals surface area contributed by atoms with Crippen molar-refractivity contribution in [1.29, 1.82) is 5.26 Å². The molecule has 3 saturated heterocycles. The van der Waals surface area contributed by atoms with E-state index in [4.69, 9.17) is 26.4 Å². The zero-order chi connectivity index (χ0) is 45.8. The number of carbonyl (C=O) groups is 6. The van der Waals surface area contributed by atoms with Crippen LogP contribution in [0, 0.1) is 28.8 Å². The Kier molecular flexibility index (Phi) is 11.3. The number of thiocarbonyl (C=S) groups is 1. The van der Waals surface area contributed by atoms with Crippen LogP contribution in [0.25, 0.3) is 11.3 Å². The summed E-state index contributed by atoms with van der Waals surface area (Å²) in [6, 6.07) is 12.3. The summed E-state index contributed by atoms with van der Waals surface area (Å²) in [5.74, 6) is -6.35. The highest BCUT2D eigenvalue weighted by Crippen LogP contribution is 2.41. The van der Waals surface area contributed by atoms with Crippen molar-refractivity contribution in [1.82, 2.24) is 20.1 Å². The van der Waals surface area contributed by atoms with Gasteiger partial charge in [0.15, 0.2) is 29.1 Å². The van der Waals surface area contributed by atoms with E-state index in [1.807, 2.05) is 6.07 Å². The molecule has 3 aromatic carbocycles. The molecule has 328 valence electrons. The zero-order valence-corrected chi connectivity index (χ0v) is 35.1. The largest absolute Gasteiger partial charge is 0.492 e. The Balaban J connectivity index is 0.864. The van der Waals surface area contributed by atoms with Gasteiger partial charge in [0.1, 0.15) is 46.8 Å². The molecule has 0 spiro atoms. The molecule has 4 aliphatic heterocycles. The number of benzene rings is 3. The molecule has 5 heterocycles. The fourth-order valence-corrected chi connectivity index (χ4v) is 8.66. The molecule has 0 bridgehead atoms. The number of nitrogens with one attached hydrogen (secondary N) is 1. The summed E-state index contributed by atoms with van der Waals surface area (Å²) in [7, 11) is 1.18. The van der Waals surface area contributed by atoms with Crippen LogP contribution in [-0.4, -0.2) is 99.8 Å². The quantitative estimate of drug-likeness (QED) is 0.169. The number of pyridine rings is 1.